The van der Waals surface area contributed by atoms with Gasteiger partial charge in [-0.05, 0) is 25.7 Å². The molecule has 0 bridgehead atoms. The van der Waals surface area contributed by atoms with Gasteiger partial charge in [0.15, 0.2) is 0 Å². The summed E-state index contributed by atoms with van der Waals surface area (Å²) in [4.78, 5) is 0. The number of ether oxygens (including phenoxy) is 2. The van der Waals surface area contributed by atoms with E-state index in [0.29, 0.717) is 19.6 Å². The normalized spacial score (nSPS) is 22.9. The summed E-state index contributed by atoms with van der Waals surface area (Å²) in [6.07, 6.45) is 5.12. The quantitative estimate of drug-likeness (QED) is 0.229. The number of amidine groups is 1. The fourth-order valence-corrected chi connectivity index (χ4v) is 1.56. The molecule has 1 fully saturated rings. The van der Waals surface area contributed by atoms with E-state index >= 15 is 0 Å². The highest BCUT2D eigenvalue weighted by Gasteiger charge is 2.13. The van der Waals surface area contributed by atoms with Crippen molar-refractivity contribution in [3.8, 4) is 0 Å². The fourth-order valence-electron chi connectivity index (χ4n) is 1.56. The van der Waals surface area contributed by atoms with Crippen molar-refractivity contribution in [3.63, 3.8) is 0 Å². The molecule has 1 saturated heterocycles. The van der Waals surface area contributed by atoms with E-state index in [2.05, 4.69) is 5.16 Å². The van der Waals surface area contributed by atoms with E-state index < -0.39 is 0 Å². The van der Waals surface area contributed by atoms with Crippen LogP contribution < -0.4 is 5.73 Å². The fraction of sp³-hybridized carbons (Fsp3) is 0.900. The molecular weight excluding hydrogens is 196 g/mol. The van der Waals surface area contributed by atoms with Gasteiger partial charge in [0, 0.05) is 19.6 Å². The van der Waals surface area contributed by atoms with Crippen molar-refractivity contribution in [2.45, 2.75) is 38.2 Å². The van der Waals surface area contributed by atoms with E-state index in [1.807, 2.05) is 0 Å². The van der Waals surface area contributed by atoms with Gasteiger partial charge in [0.25, 0.3) is 0 Å². The first-order chi connectivity index (χ1) is 7.33. The van der Waals surface area contributed by atoms with Gasteiger partial charge in [-0.15, -0.1) is 0 Å². The van der Waals surface area contributed by atoms with Crippen molar-refractivity contribution < 1.29 is 14.7 Å². The summed E-state index contributed by atoms with van der Waals surface area (Å²) in [6, 6.07) is 0. The van der Waals surface area contributed by atoms with Gasteiger partial charge in [-0.3, -0.25) is 0 Å². The molecule has 0 aliphatic carbocycles. The van der Waals surface area contributed by atoms with Crippen molar-refractivity contribution in [1.82, 2.24) is 0 Å². The molecule has 1 aliphatic heterocycles. The van der Waals surface area contributed by atoms with Crippen LogP contribution in [0.1, 0.15) is 32.1 Å². The van der Waals surface area contributed by atoms with Gasteiger partial charge in [0.2, 0.25) is 0 Å². The van der Waals surface area contributed by atoms with Crippen LogP contribution in [0, 0.1) is 0 Å². The number of hydrogen-bond acceptors (Lipinski definition) is 4. The Morgan fingerprint density at radius 2 is 2.40 bits per heavy atom. The molecule has 3 N–H and O–H groups in total. The maximum absolute atomic E-state index is 8.30. The number of hydrogen-bond donors (Lipinski definition) is 2. The van der Waals surface area contributed by atoms with Gasteiger partial charge >= 0.3 is 0 Å². The predicted molar refractivity (Wildman–Crippen MR) is 57.1 cm³/mol. The summed E-state index contributed by atoms with van der Waals surface area (Å²) >= 11 is 0. The third-order valence-corrected chi connectivity index (χ3v) is 2.43. The highest BCUT2D eigenvalue weighted by Crippen LogP contribution is 2.12. The minimum absolute atomic E-state index is 0.257. The van der Waals surface area contributed by atoms with Gasteiger partial charge in [0.1, 0.15) is 5.84 Å². The van der Waals surface area contributed by atoms with Crippen LogP contribution in [0.4, 0.5) is 0 Å². The Balaban J connectivity index is 1.92. The van der Waals surface area contributed by atoms with E-state index in [-0.39, 0.29) is 11.9 Å². The maximum Gasteiger partial charge on any atom is 0.139 e. The van der Waals surface area contributed by atoms with Crippen LogP contribution in [0.15, 0.2) is 5.16 Å². The molecule has 0 amide bonds. The molecule has 1 rings (SSSR count). The lowest BCUT2D eigenvalue weighted by Crippen LogP contribution is -2.24. The zero-order valence-corrected chi connectivity index (χ0v) is 9.02. The molecule has 0 aromatic heterocycles. The van der Waals surface area contributed by atoms with Gasteiger partial charge < -0.3 is 20.4 Å². The Hall–Kier alpha value is -0.810. The lowest BCUT2D eigenvalue weighted by atomic mass is 10.1. The van der Waals surface area contributed by atoms with Crippen molar-refractivity contribution >= 4 is 5.84 Å². The first-order valence-corrected chi connectivity index (χ1v) is 5.48. The summed E-state index contributed by atoms with van der Waals surface area (Å²) in [6.45, 7) is 2.16. The largest absolute Gasteiger partial charge is 0.409 e. The Morgan fingerprint density at radius 3 is 3.07 bits per heavy atom. The molecule has 0 saturated carbocycles. The van der Waals surface area contributed by atoms with E-state index in [1.54, 1.807) is 0 Å². The maximum atomic E-state index is 8.30. The zero-order valence-electron chi connectivity index (χ0n) is 9.02. The molecule has 1 heterocycles. The zero-order chi connectivity index (χ0) is 10.9. The van der Waals surface area contributed by atoms with E-state index in [1.165, 1.54) is 12.8 Å². The van der Waals surface area contributed by atoms with Gasteiger partial charge in [-0.1, -0.05) is 5.16 Å². The number of oxime groups is 1. The standard InChI is InChI=1S/C10H20N2O3/c11-10(12-13)5-3-6-14-8-9-4-1-2-7-15-9/h9,13H,1-8H2,(H2,11,12). The van der Waals surface area contributed by atoms with Crippen LogP contribution in [-0.2, 0) is 9.47 Å². The van der Waals surface area contributed by atoms with Crippen molar-refractivity contribution in [1.29, 1.82) is 0 Å². The Labute approximate surface area is 90.2 Å². The van der Waals surface area contributed by atoms with Crippen LogP contribution in [0.2, 0.25) is 0 Å². The molecule has 1 unspecified atom stereocenters. The topological polar surface area (TPSA) is 77.1 Å². The average molecular weight is 216 g/mol. The summed E-state index contributed by atoms with van der Waals surface area (Å²) in [5, 5.41) is 11.2. The third kappa shape index (κ3) is 5.59. The molecule has 0 radical (unpaired) electrons. The molecule has 1 atom stereocenters. The Bertz CT molecular complexity index is 191. The minimum atomic E-state index is 0.257. The molecule has 1 aliphatic rings. The molecule has 5 heteroatoms. The Kier molecular flexibility index (Phi) is 6.11. The second-order valence-electron chi connectivity index (χ2n) is 3.76. The van der Waals surface area contributed by atoms with Crippen LogP contribution in [-0.4, -0.2) is 37.0 Å². The van der Waals surface area contributed by atoms with Crippen LogP contribution in [0.25, 0.3) is 0 Å². The second kappa shape index (κ2) is 7.48. The van der Waals surface area contributed by atoms with Gasteiger partial charge in [-0.2, -0.15) is 0 Å². The number of nitrogens with two attached hydrogens (primary N) is 1. The van der Waals surface area contributed by atoms with Crippen LogP contribution in [0.3, 0.4) is 0 Å². The molecule has 15 heavy (non-hydrogen) atoms. The predicted octanol–water partition coefficient (Wildman–Crippen LogP) is 1.10. The van der Waals surface area contributed by atoms with Crippen molar-refractivity contribution in [3.05, 3.63) is 0 Å². The van der Waals surface area contributed by atoms with E-state index in [9.17, 15) is 0 Å². The van der Waals surface area contributed by atoms with Crippen molar-refractivity contribution in [2.75, 3.05) is 19.8 Å². The summed E-state index contributed by atoms with van der Waals surface area (Å²) < 4.78 is 11.0. The minimum Gasteiger partial charge on any atom is -0.409 e. The first-order valence-electron chi connectivity index (χ1n) is 5.48. The number of nitrogens with zero attached hydrogens (tertiary/aromatic N) is 1. The van der Waals surface area contributed by atoms with E-state index in [0.717, 1.165) is 19.4 Å². The monoisotopic (exact) mass is 216 g/mol. The highest BCUT2D eigenvalue weighted by atomic mass is 16.5. The molecule has 0 aromatic rings. The number of rotatable bonds is 6. The van der Waals surface area contributed by atoms with E-state index in [4.69, 9.17) is 20.4 Å². The lowest BCUT2D eigenvalue weighted by molar-refractivity contribution is -0.0407. The second-order valence-corrected chi connectivity index (χ2v) is 3.76. The summed E-state index contributed by atoms with van der Waals surface area (Å²) in [5.41, 5.74) is 5.32. The van der Waals surface area contributed by atoms with Crippen LogP contribution >= 0.6 is 0 Å². The Morgan fingerprint density at radius 1 is 1.53 bits per heavy atom. The molecule has 0 spiro atoms. The third-order valence-electron chi connectivity index (χ3n) is 2.43. The van der Waals surface area contributed by atoms with Crippen molar-refractivity contribution in [2.24, 2.45) is 10.9 Å². The van der Waals surface area contributed by atoms with Gasteiger partial charge in [0.05, 0.1) is 12.7 Å². The first kappa shape index (κ1) is 12.3. The highest BCUT2D eigenvalue weighted by molar-refractivity contribution is 5.79. The summed E-state index contributed by atoms with van der Waals surface area (Å²) in [7, 11) is 0. The van der Waals surface area contributed by atoms with Crippen LogP contribution in [0.5, 0.6) is 0 Å². The van der Waals surface area contributed by atoms with Gasteiger partial charge in [-0.25, -0.2) is 0 Å². The average Bonchev–Trinajstić information content (AvgIpc) is 2.29. The molecule has 5 nitrogen and oxygen atoms in total. The molecular formula is C10H20N2O3. The molecule has 88 valence electrons. The summed E-state index contributed by atoms with van der Waals surface area (Å²) in [5.74, 6) is 0.257. The SMILES string of the molecule is N/C(CCCOCC1CCCCO1)=N\O. The lowest BCUT2D eigenvalue weighted by Gasteiger charge is -2.22. The molecule has 0 aromatic carbocycles. The smallest absolute Gasteiger partial charge is 0.139 e.